The molecule has 33 heavy (non-hydrogen) atoms. The fraction of sp³-hybridized carbons (Fsp3) is 0.368. The summed E-state index contributed by atoms with van der Waals surface area (Å²) in [5.74, 6) is -2.41. The summed E-state index contributed by atoms with van der Waals surface area (Å²) in [4.78, 5) is 3.98. The van der Waals surface area contributed by atoms with Gasteiger partial charge in [-0.05, 0) is 18.6 Å². The third kappa shape index (κ3) is 7.79. The van der Waals surface area contributed by atoms with Crippen LogP contribution in [0.3, 0.4) is 0 Å². The van der Waals surface area contributed by atoms with Crippen LogP contribution in [0.2, 0.25) is 5.02 Å². The minimum Gasteiger partial charge on any atom is -0.504 e. The van der Waals surface area contributed by atoms with Crippen molar-refractivity contribution in [2.75, 3.05) is 26.3 Å². The molecule has 0 amide bonds. The van der Waals surface area contributed by atoms with E-state index in [-0.39, 0.29) is 13.2 Å². The van der Waals surface area contributed by atoms with Gasteiger partial charge in [0.2, 0.25) is 0 Å². The van der Waals surface area contributed by atoms with Gasteiger partial charge in [-0.2, -0.15) is 18.4 Å². The third-order valence-corrected chi connectivity index (χ3v) is 5.87. The molecule has 2 atom stereocenters. The molecule has 0 radical (unpaired) electrons. The van der Waals surface area contributed by atoms with E-state index >= 15 is 0 Å². The molecule has 1 saturated heterocycles. The van der Waals surface area contributed by atoms with Gasteiger partial charge in [0, 0.05) is 31.4 Å². The summed E-state index contributed by atoms with van der Waals surface area (Å²) >= 11 is 5.70. The molecule has 2 heterocycles. The fourth-order valence-corrected chi connectivity index (χ4v) is 3.91. The number of benzene rings is 1. The second-order valence-electron chi connectivity index (χ2n) is 6.88. The first kappa shape index (κ1) is 26.7. The largest absolute Gasteiger partial charge is 0.504 e. The maximum absolute atomic E-state index is 12.8. The maximum Gasteiger partial charge on any atom is 0.422 e. The Hall–Kier alpha value is -2.50. The number of β-amino-alcohol motifs (C(OH)–C–C–N with tert-alkyl or cyclic N) is 1. The first-order valence-corrected chi connectivity index (χ1v) is 10.6. The van der Waals surface area contributed by atoms with Crippen LogP contribution >= 0.6 is 11.6 Å². The van der Waals surface area contributed by atoms with Crippen molar-refractivity contribution < 1.29 is 41.8 Å². The van der Waals surface area contributed by atoms with Crippen LogP contribution in [0.1, 0.15) is 12.0 Å². The van der Waals surface area contributed by atoms with Gasteiger partial charge in [0.1, 0.15) is 33.5 Å². The van der Waals surface area contributed by atoms with Gasteiger partial charge in [-0.25, -0.2) is 17.9 Å². The molecule has 1 aromatic carbocycles. The number of nitriles is 1. The number of alkyl halides is 3. The third-order valence-electron chi connectivity index (χ3n) is 4.27. The normalized spacial score (nSPS) is 19.3. The molecule has 3 rings (SSSR count). The standard InChI is InChI=1S/C10H13ClN2O3S.C9H5F4NO2/c11-8-1-2-9(12-5-8)17(16)13-4-3-10(15,6-13)7-14;10-6-2-7(15)8(1-5(6)3-14)16-4-9(11,12)13/h1-2,5,14-15H,3-4,6-7H2;1-2,15H,4H2. The van der Waals surface area contributed by atoms with Crippen molar-refractivity contribution >= 4 is 22.6 Å². The van der Waals surface area contributed by atoms with Crippen LogP contribution < -0.4 is 4.74 Å². The highest BCUT2D eigenvalue weighted by atomic mass is 35.5. The molecule has 1 aliphatic heterocycles. The van der Waals surface area contributed by atoms with Gasteiger partial charge in [-0.1, -0.05) is 11.6 Å². The van der Waals surface area contributed by atoms with E-state index in [4.69, 9.17) is 27.1 Å². The molecule has 3 N–H and O–H groups in total. The molecule has 0 saturated carbocycles. The number of hydrogen-bond donors (Lipinski definition) is 3. The molecule has 8 nitrogen and oxygen atoms in total. The highest BCUT2D eigenvalue weighted by molar-refractivity contribution is 7.82. The summed E-state index contributed by atoms with van der Waals surface area (Å²) in [5, 5.41) is 37.2. The van der Waals surface area contributed by atoms with Crippen LogP contribution in [-0.2, 0) is 11.0 Å². The quantitative estimate of drug-likeness (QED) is 0.526. The lowest BCUT2D eigenvalue weighted by atomic mass is 10.1. The Balaban J connectivity index is 0.000000234. The average molecular weight is 512 g/mol. The van der Waals surface area contributed by atoms with Crippen LogP contribution in [0, 0.1) is 17.1 Å². The SMILES string of the molecule is N#Cc1cc(OCC(F)(F)F)c(O)cc1F.O=S(c1ccc(Cl)cn1)N1CCC(O)(CO)C1. The van der Waals surface area contributed by atoms with Crippen molar-refractivity contribution in [1.82, 2.24) is 9.29 Å². The highest BCUT2D eigenvalue weighted by Crippen LogP contribution is 2.30. The zero-order valence-corrected chi connectivity index (χ0v) is 18.3. The molecule has 0 bridgehead atoms. The van der Waals surface area contributed by atoms with E-state index in [9.17, 15) is 26.9 Å². The number of aliphatic hydroxyl groups is 2. The Labute approximate surface area is 193 Å². The Morgan fingerprint density at radius 2 is 2.06 bits per heavy atom. The zero-order valence-electron chi connectivity index (χ0n) is 16.7. The maximum atomic E-state index is 12.8. The van der Waals surface area contributed by atoms with Gasteiger partial charge in [0.05, 0.1) is 17.2 Å². The Morgan fingerprint density at radius 1 is 1.36 bits per heavy atom. The Kier molecular flexibility index (Phi) is 8.98. The van der Waals surface area contributed by atoms with Gasteiger partial charge >= 0.3 is 6.18 Å². The van der Waals surface area contributed by atoms with E-state index in [0.717, 1.165) is 0 Å². The van der Waals surface area contributed by atoms with Gasteiger partial charge in [-0.3, -0.25) is 0 Å². The lowest BCUT2D eigenvalue weighted by molar-refractivity contribution is -0.153. The summed E-state index contributed by atoms with van der Waals surface area (Å²) in [6.07, 6.45) is -2.74. The molecule has 14 heteroatoms. The van der Waals surface area contributed by atoms with E-state index in [1.807, 2.05) is 0 Å². The first-order chi connectivity index (χ1) is 15.4. The number of aliphatic hydroxyl groups excluding tert-OH is 1. The predicted octanol–water partition coefficient (Wildman–Crippen LogP) is 2.53. The summed E-state index contributed by atoms with van der Waals surface area (Å²) in [6.45, 7) is -1.31. The lowest BCUT2D eigenvalue weighted by Crippen LogP contribution is -2.37. The van der Waals surface area contributed by atoms with Crippen molar-refractivity contribution in [1.29, 1.82) is 5.26 Å². The molecule has 1 aromatic heterocycles. The number of halogens is 5. The predicted molar refractivity (Wildman–Crippen MR) is 108 cm³/mol. The number of phenolic OH excluding ortho intramolecular Hbond substituents is 1. The fourth-order valence-electron chi connectivity index (χ4n) is 2.59. The van der Waals surface area contributed by atoms with Crippen LogP contribution in [-0.4, -0.2) is 66.9 Å². The van der Waals surface area contributed by atoms with E-state index in [1.54, 1.807) is 16.4 Å². The van der Waals surface area contributed by atoms with Crippen molar-refractivity contribution in [2.45, 2.75) is 23.2 Å². The van der Waals surface area contributed by atoms with E-state index in [1.165, 1.54) is 12.3 Å². The number of ether oxygens (including phenoxy) is 1. The number of hydrogen-bond acceptors (Lipinski definition) is 7. The molecule has 180 valence electrons. The average Bonchev–Trinajstić information content (AvgIpc) is 3.16. The van der Waals surface area contributed by atoms with E-state index in [0.29, 0.717) is 35.1 Å². The van der Waals surface area contributed by atoms with Gasteiger partial charge in [-0.15, -0.1) is 0 Å². The molecular formula is C19H18ClF4N3O5S. The van der Waals surface area contributed by atoms with E-state index in [2.05, 4.69) is 9.72 Å². The highest BCUT2D eigenvalue weighted by Gasteiger charge is 2.38. The number of phenols is 1. The van der Waals surface area contributed by atoms with Crippen LogP contribution in [0.25, 0.3) is 0 Å². The van der Waals surface area contributed by atoms with Crippen LogP contribution in [0.15, 0.2) is 35.5 Å². The molecule has 1 fully saturated rings. The van der Waals surface area contributed by atoms with Gasteiger partial charge < -0.3 is 20.1 Å². The van der Waals surface area contributed by atoms with Gasteiger partial charge in [0.15, 0.2) is 18.1 Å². The summed E-state index contributed by atoms with van der Waals surface area (Å²) in [6, 6.07) is 5.85. The molecule has 0 spiro atoms. The lowest BCUT2D eigenvalue weighted by Gasteiger charge is -2.19. The second kappa shape index (κ2) is 11.1. The number of pyridine rings is 1. The van der Waals surface area contributed by atoms with Crippen molar-refractivity contribution in [3.8, 4) is 17.6 Å². The minimum atomic E-state index is -4.58. The monoisotopic (exact) mass is 511 g/mol. The van der Waals surface area contributed by atoms with Gasteiger partial charge in [0.25, 0.3) is 0 Å². The summed E-state index contributed by atoms with van der Waals surface area (Å²) in [5.41, 5.74) is -1.66. The molecule has 2 unspecified atom stereocenters. The second-order valence-corrected chi connectivity index (χ2v) is 8.74. The summed E-state index contributed by atoms with van der Waals surface area (Å²) < 4.78 is 66.1. The Bertz CT molecular complexity index is 1040. The first-order valence-electron chi connectivity index (χ1n) is 9.11. The number of aromatic hydroxyl groups is 1. The van der Waals surface area contributed by atoms with Crippen molar-refractivity contribution in [2.24, 2.45) is 0 Å². The van der Waals surface area contributed by atoms with Crippen LogP contribution in [0.5, 0.6) is 11.5 Å². The van der Waals surface area contributed by atoms with E-state index < -0.39 is 52.2 Å². The summed E-state index contributed by atoms with van der Waals surface area (Å²) in [7, 11) is -1.42. The van der Waals surface area contributed by atoms with Crippen molar-refractivity contribution in [3.05, 3.63) is 46.9 Å². The number of nitrogens with zero attached hydrogens (tertiary/aromatic N) is 3. The number of rotatable bonds is 5. The Morgan fingerprint density at radius 3 is 2.58 bits per heavy atom. The number of aromatic nitrogens is 1. The molecule has 2 aromatic rings. The molecule has 0 aliphatic carbocycles. The van der Waals surface area contributed by atoms with Crippen molar-refractivity contribution in [3.63, 3.8) is 0 Å². The smallest absolute Gasteiger partial charge is 0.422 e. The minimum absolute atomic E-state index is 0.181. The zero-order chi connectivity index (χ0) is 24.8. The topological polar surface area (TPSA) is 127 Å². The van der Waals surface area contributed by atoms with Crippen LogP contribution in [0.4, 0.5) is 17.6 Å². The molecular weight excluding hydrogens is 494 g/mol. The molecule has 1 aliphatic rings.